The molecule has 32 heavy (non-hydrogen) atoms. The molecule has 0 fully saturated rings. The van der Waals surface area contributed by atoms with E-state index >= 15 is 0 Å². The van der Waals surface area contributed by atoms with Gasteiger partial charge in [0, 0.05) is 5.92 Å². The van der Waals surface area contributed by atoms with Crippen molar-refractivity contribution in [1.29, 1.82) is 0 Å². The number of hydrogen-bond acceptors (Lipinski definition) is 3. The fourth-order valence-corrected chi connectivity index (χ4v) is 5.59. The predicted octanol–water partition coefficient (Wildman–Crippen LogP) is 5.90. The Balaban J connectivity index is 1.51. The number of carbonyl (C=O) groups excluding carboxylic acids is 1. The number of carboxylic acids is 1. The molecule has 5 heteroatoms. The molecule has 1 amide bonds. The van der Waals surface area contributed by atoms with Gasteiger partial charge >= 0.3 is 12.1 Å². The lowest BCUT2D eigenvalue weighted by Crippen LogP contribution is -2.43. The van der Waals surface area contributed by atoms with E-state index in [1.54, 1.807) is 0 Å². The number of benzene rings is 2. The van der Waals surface area contributed by atoms with Crippen LogP contribution in [0.15, 0.2) is 59.7 Å². The van der Waals surface area contributed by atoms with Crippen molar-refractivity contribution in [3.8, 4) is 11.1 Å². The Morgan fingerprint density at radius 2 is 1.69 bits per heavy atom. The number of hydrogen-bond donors (Lipinski definition) is 2. The van der Waals surface area contributed by atoms with Crippen molar-refractivity contribution in [1.82, 2.24) is 5.32 Å². The molecule has 2 N–H and O–H groups in total. The van der Waals surface area contributed by atoms with Crippen molar-refractivity contribution in [3.05, 3.63) is 70.8 Å². The van der Waals surface area contributed by atoms with Crippen LogP contribution in [0.25, 0.3) is 11.1 Å². The number of aliphatic carboxylic acids is 1. The van der Waals surface area contributed by atoms with E-state index in [2.05, 4.69) is 43.4 Å². The average Bonchev–Trinajstić information content (AvgIpc) is 3.05. The second kappa shape index (κ2) is 8.81. The molecule has 0 saturated heterocycles. The second-order valence-electron chi connectivity index (χ2n) is 9.55. The van der Waals surface area contributed by atoms with E-state index in [-0.39, 0.29) is 24.4 Å². The number of allylic oxidation sites excluding steroid dienone is 1. The summed E-state index contributed by atoms with van der Waals surface area (Å²) >= 11 is 0. The summed E-state index contributed by atoms with van der Waals surface area (Å²) in [4.78, 5) is 24.4. The molecule has 0 spiro atoms. The largest absolute Gasteiger partial charge is 0.481 e. The first-order valence-electron chi connectivity index (χ1n) is 11.3. The first-order chi connectivity index (χ1) is 15.3. The lowest BCUT2D eigenvalue weighted by atomic mass is 9.69. The van der Waals surface area contributed by atoms with Gasteiger partial charge in [0.05, 0.1) is 12.5 Å². The summed E-state index contributed by atoms with van der Waals surface area (Å²) in [5, 5.41) is 12.4. The molecule has 2 aromatic rings. The predicted molar refractivity (Wildman–Crippen MR) is 125 cm³/mol. The summed E-state index contributed by atoms with van der Waals surface area (Å²) in [6, 6.07) is 15.8. The normalized spacial score (nSPS) is 18.0. The Bertz CT molecular complexity index is 1020. The Morgan fingerprint density at radius 1 is 1.09 bits per heavy atom. The van der Waals surface area contributed by atoms with Gasteiger partial charge in [0.15, 0.2) is 0 Å². The Hall–Kier alpha value is -3.08. The molecule has 4 rings (SSSR count). The van der Waals surface area contributed by atoms with Gasteiger partial charge in [-0.1, -0.05) is 68.0 Å². The maximum atomic E-state index is 12.8. The standard InChI is InChI=1S/C27H31NO4/c1-17-9-8-14-27(2,3)25(17)23(15-24(29)30)28-26(31)32-16-22-20-12-6-4-10-18(20)19-11-5-7-13-21(19)22/h4-7,10-13,22-23H,8-9,14-16H2,1-3H3,(H,28,31)(H,29,30). The maximum Gasteiger partial charge on any atom is 0.407 e. The van der Waals surface area contributed by atoms with Crippen molar-refractivity contribution in [2.75, 3.05) is 6.61 Å². The van der Waals surface area contributed by atoms with Gasteiger partial charge in [-0.2, -0.15) is 0 Å². The molecule has 0 bridgehead atoms. The number of rotatable bonds is 6. The van der Waals surface area contributed by atoms with Crippen LogP contribution in [0.2, 0.25) is 0 Å². The minimum atomic E-state index is -0.935. The number of carbonyl (C=O) groups is 2. The highest BCUT2D eigenvalue weighted by Crippen LogP contribution is 2.45. The first-order valence-corrected chi connectivity index (χ1v) is 11.3. The van der Waals surface area contributed by atoms with Gasteiger partial charge < -0.3 is 15.2 Å². The first kappa shape index (κ1) is 22.1. The number of carboxylic acid groups (broad SMARTS) is 1. The molecule has 5 nitrogen and oxygen atoms in total. The Labute approximate surface area is 189 Å². The van der Waals surface area contributed by atoms with E-state index in [0.717, 1.165) is 36.0 Å². The fourth-order valence-electron chi connectivity index (χ4n) is 5.59. The van der Waals surface area contributed by atoms with E-state index in [9.17, 15) is 14.7 Å². The quantitative estimate of drug-likeness (QED) is 0.557. The minimum absolute atomic E-state index is 0.0295. The van der Waals surface area contributed by atoms with Crippen LogP contribution in [-0.2, 0) is 9.53 Å². The maximum absolute atomic E-state index is 12.8. The van der Waals surface area contributed by atoms with E-state index in [4.69, 9.17) is 4.74 Å². The number of ether oxygens (including phenoxy) is 1. The van der Waals surface area contributed by atoms with Crippen molar-refractivity contribution < 1.29 is 19.4 Å². The van der Waals surface area contributed by atoms with Crippen LogP contribution in [0.4, 0.5) is 4.79 Å². The summed E-state index contributed by atoms with van der Waals surface area (Å²) in [6.07, 6.45) is 2.26. The summed E-state index contributed by atoms with van der Waals surface area (Å²) in [7, 11) is 0. The molecule has 1 unspecified atom stereocenters. The lowest BCUT2D eigenvalue weighted by molar-refractivity contribution is -0.137. The van der Waals surface area contributed by atoms with Crippen LogP contribution in [0.3, 0.4) is 0 Å². The zero-order chi connectivity index (χ0) is 22.9. The van der Waals surface area contributed by atoms with Gasteiger partial charge in [-0.3, -0.25) is 4.79 Å². The number of nitrogens with one attached hydrogen (secondary N) is 1. The van der Waals surface area contributed by atoms with Crippen LogP contribution < -0.4 is 5.32 Å². The summed E-state index contributed by atoms with van der Waals surface area (Å²) < 4.78 is 5.68. The van der Waals surface area contributed by atoms with Gasteiger partial charge in [-0.25, -0.2) is 4.79 Å². The van der Waals surface area contributed by atoms with Gasteiger partial charge in [0.2, 0.25) is 0 Å². The second-order valence-corrected chi connectivity index (χ2v) is 9.55. The van der Waals surface area contributed by atoms with Crippen molar-refractivity contribution in [2.45, 2.75) is 58.4 Å². The Kier molecular flexibility index (Phi) is 6.09. The van der Waals surface area contributed by atoms with Gasteiger partial charge in [-0.15, -0.1) is 0 Å². The number of fused-ring (bicyclic) bond motifs is 3. The number of alkyl carbamates (subject to hydrolysis) is 1. The van der Waals surface area contributed by atoms with E-state index in [1.807, 2.05) is 31.2 Å². The van der Waals surface area contributed by atoms with Gasteiger partial charge in [-0.05, 0) is 59.4 Å². The van der Waals surface area contributed by atoms with Crippen molar-refractivity contribution in [3.63, 3.8) is 0 Å². The van der Waals surface area contributed by atoms with Gasteiger partial charge in [0.25, 0.3) is 0 Å². The van der Waals surface area contributed by atoms with Crippen LogP contribution >= 0.6 is 0 Å². The summed E-state index contributed by atoms with van der Waals surface area (Å²) in [5.41, 5.74) is 6.69. The third-order valence-electron chi connectivity index (χ3n) is 6.91. The van der Waals surface area contributed by atoms with Crippen LogP contribution in [0, 0.1) is 5.41 Å². The van der Waals surface area contributed by atoms with Crippen LogP contribution in [-0.4, -0.2) is 29.8 Å². The molecule has 0 saturated carbocycles. The fraction of sp³-hybridized carbons (Fsp3) is 0.407. The van der Waals surface area contributed by atoms with Crippen LogP contribution in [0.5, 0.6) is 0 Å². The Morgan fingerprint density at radius 3 is 2.25 bits per heavy atom. The zero-order valence-electron chi connectivity index (χ0n) is 19.0. The lowest BCUT2D eigenvalue weighted by Gasteiger charge is -2.38. The molecule has 2 aliphatic rings. The van der Waals surface area contributed by atoms with Crippen molar-refractivity contribution in [2.24, 2.45) is 5.41 Å². The molecule has 168 valence electrons. The molecule has 2 aliphatic carbocycles. The minimum Gasteiger partial charge on any atom is -0.481 e. The third-order valence-corrected chi connectivity index (χ3v) is 6.91. The summed E-state index contributed by atoms with van der Waals surface area (Å²) in [5.74, 6) is -0.964. The molecule has 0 heterocycles. The van der Waals surface area contributed by atoms with E-state index in [1.165, 1.54) is 16.7 Å². The molecular weight excluding hydrogens is 402 g/mol. The zero-order valence-corrected chi connectivity index (χ0v) is 19.0. The monoisotopic (exact) mass is 433 g/mol. The SMILES string of the molecule is CC1=C(C(CC(=O)O)NC(=O)OCC2c3ccccc3-c3ccccc32)C(C)(C)CCC1. The highest BCUT2D eigenvalue weighted by atomic mass is 16.5. The molecule has 1 atom stereocenters. The average molecular weight is 434 g/mol. The van der Waals surface area contributed by atoms with Crippen LogP contribution in [0.1, 0.15) is 63.5 Å². The van der Waals surface area contributed by atoms with E-state index < -0.39 is 18.1 Å². The topological polar surface area (TPSA) is 75.6 Å². The third kappa shape index (κ3) is 4.29. The number of amides is 1. The molecular formula is C27H31NO4. The smallest absolute Gasteiger partial charge is 0.407 e. The highest BCUT2D eigenvalue weighted by Gasteiger charge is 2.36. The van der Waals surface area contributed by atoms with E-state index in [0.29, 0.717) is 0 Å². The highest BCUT2D eigenvalue weighted by molar-refractivity contribution is 5.79. The molecule has 0 aromatic heterocycles. The van der Waals surface area contributed by atoms with Crippen molar-refractivity contribution >= 4 is 12.1 Å². The molecule has 0 radical (unpaired) electrons. The molecule has 0 aliphatic heterocycles. The van der Waals surface area contributed by atoms with Gasteiger partial charge in [0.1, 0.15) is 6.61 Å². The summed E-state index contributed by atoms with van der Waals surface area (Å²) in [6.45, 7) is 6.50. The molecule has 2 aromatic carbocycles.